The monoisotopic (exact) mass is 369 g/mol. The average Bonchev–Trinajstić information content (AvgIpc) is 3.24. The zero-order chi connectivity index (χ0) is 17.3. The molecule has 0 radical (unpaired) electrons. The first kappa shape index (κ1) is 17.2. The van der Waals surface area contributed by atoms with Crippen LogP contribution in [0.15, 0.2) is 34.7 Å². The number of aryl methyl sites for hydroxylation is 1. The fourth-order valence-corrected chi connectivity index (χ4v) is 4.93. The van der Waals surface area contributed by atoms with Gasteiger partial charge in [0.1, 0.15) is 16.7 Å². The summed E-state index contributed by atoms with van der Waals surface area (Å²) in [5.74, 6) is -0.322. The van der Waals surface area contributed by atoms with Gasteiger partial charge in [-0.15, -0.1) is 11.3 Å². The molecule has 1 atom stereocenters. The van der Waals surface area contributed by atoms with Crippen molar-refractivity contribution in [1.29, 1.82) is 0 Å². The Labute approximate surface area is 144 Å². The van der Waals surface area contributed by atoms with E-state index in [0.717, 1.165) is 4.88 Å². The van der Waals surface area contributed by atoms with E-state index in [4.69, 9.17) is 4.74 Å². The van der Waals surface area contributed by atoms with Gasteiger partial charge in [-0.1, -0.05) is 6.07 Å². The number of nitrogens with one attached hydrogen (secondary N) is 1. The zero-order valence-electron chi connectivity index (χ0n) is 13.4. The molecule has 1 unspecified atom stereocenters. The van der Waals surface area contributed by atoms with E-state index in [0.29, 0.717) is 18.8 Å². The van der Waals surface area contributed by atoms with Crippen LogP contribution in [0.4, 0.5) is 0 Å². The summed E-state index contributed by atoms with van der Waals surface area (Å²) in [6.45, 7) is 0.915. The highest BCUT2D eigenvalue weighted by Crippen LogP contribution is 2.29. The van der Waals surface area contributed by atoms with Crippen LogP contribution in [0.5, 0.6) is 0 Å². The van der Waals surface area contributed by atoms with Crippen LogP contribution in [-0.2, 0) is 21.8 Å². The topological polar surface area (TPSA) is 80.6 Å². The maximum atomic E-state index is 12.9. The summed E-state index contributed by atoms with van der Waals surface area (Å²) in [6.07, 6.45) is 1.21. The fraction of sp³-hybridized carbons (Fsp3) is 0.400. The number of amides is 1. The van der Waals surface area contributed by atoms with Crippen LogP contribution in [0.1, 0.15) is 21.5 Å². The molecule has 130 valence electrons. The summed E-state index contributed by atoms with van der Waals surface area (Å²) in [7, 11) is -0.511. The van der Waals surface area contributed by atoms with Crippen LogP contribution in [0, 0.1) is 0 Å². The van der Waals surface area contributed by atoms with Crippen LogP contribution in [0.25, 0.3) is 0 Å². The van der Waals surface area contributed by atoms with Crippen molar-refractivity contribution in [3.8, 4) is 0 Å². The first-order valence-corrected chi connectivity index (χ1v) is 9.79. The van der Waals surface area contributed by atoms with E-state index < -0.39 is 10.0 Å². The lowest BCUT2D eigenvalue weighted by molar-refractivity contribution is -0.000505. The molecule has 0 saturated carbocycles. The second-order valence-electron chi connectivity index (χ2n) is 5.49. The minimum Gasteiger partial charge on any atom is -0.370 e. The van der Waals surface area contributed by atoms with E-state index >= 15 is 0 Å². The molecule has 1 aliphatic rings. The van der Waals surface area contributed by atoms with Gasteiger partial charge in [0.05, 0.1) is 6.61 Å². The van der Waals surface area contributed by atoms with Gasteiger partial charge in [-0.05, 0) is 17.5 Å². The van der Waals surface area contributed by atoms with Crippen LogP contribution in [-0.4, -0.2) is 49.9 Å². The van der Waals surface area contributed by atoms with Crippen molar-refractivity contribution < 1.29 is 17.9 Å². The van der Waals surface area contributed by atoms with Gasteiger partial charge in [0.2, 0.25) is 10.0 Å². The first-order chi connectivity index (χ1) is 11.4. The van der Waals surface area contributed by atoms with Gasteiger partial charge in [0, 0.05) is 38.3 Å². The summed E-state index contributed by atoms with van der Waals surface area (Å²) >= 11 is 1.55. The molecule has 7 nitrogen and oxygen atoms in total. The Morgan fingerprint density at radius 3 is 2.92 bits per heavy atom. The van der Waals surface area contributed by atoms with E-state index in [1.165, 1.54) is 28.2 Å². The Hall–Kier alpha value is -1.68. The van der Waals surface area contributed by atoms with Crippen LogP contribution >= 0.6 is 11.3 Å². The molecule has 1 amide bonds. The Morgan fingerprint density at radius 2 is 2.25 bits per heavy atom. The molecule has 1 aliphatic heterocycles. The highest BCUT2D eigenvalue weighted by atomic mass is 32.2. The number of carbonyl (C=O) groups excluding carboxylic acids is 1. The van der Waals surface area contributed by atoms with Crippen molar-refractivity contribution in [1.82, 2.24) is 14.2 Å². The van der Waals surface area contributed by atoms with E-state index in [2.05, 4.69) is 5.32 Å². The Bertz CT molecular complexity index is 827. The third kappa shape index (κ3) is 3.12. The molecule has 2 aromatic heterocycles. The second kappa shape index (κ2) is 6.67. The molecule has 3 heterocycles. The maximum Gasteiger partial charge on any atom is 0.267 e. The number of hydrogen-bond donors (Lipinski definition) is 1. The van der Waals surface area contributed by atoms with Crippen molar-refractivity contribution in [2.24, 2.45) is 7.05 Å². The Morgan fingerprint density at radius 1 is 1.46 bits per heavy atom. The highest BCUT2D eigenvalue weighted by molar-refractivity contribution is 7.89. The predicted octanol–water partition coefficient (Wildman–Crippen LogP) is 1.21. The van der Waals surface area contributed by atoms with Crippen molar-refractivity contribution in [3.63, 3.8) is 0 Å². The van der Waals surface area contributed by atoms with Crippen molar-refractivity contribution in [2.45, 2.75) is 11.0 Å². The number of ether oxygens (including phenoxy) is 1. The Kier molecular flexibility index (Phi) is 4.77. The lowest BCUT2D eigenvalue weighted by Crippen LogP contribution is -2.41. The summed E-state index contributed by atoms with van der Waals surface area (Å²) in [4.78, 5) is 12.9. The van der Waals surface area contributed by atoms with Gasteiger partial charge in [-0.25, -0.2) is 8.42 Å². The lowest BCUT2D eigenvalue weighted by Gasteiger charge is -2.31. The van der Waals surface area contributed by atoms with Crippen molar-refractivity contribution >= 4 is 27.3 Å². The molecule has 1 N–H and O–H groups in total. The maximum absolute atomic E-state index is 12.9. The van der Waals surface area contributed by atoms with Crippen LogP contribution in [0.3, 0.4) is 0 Å². The predicted molar refractivity (Wildman–Crippen MR) is 90.6 cm³/mol. The number of aromatic nitrogens is 1. The summed E-state index contributed by atoms with van der Waals surface area (Å²) in [5, 5.41) is 4.45. The van der Waals surface area contributed by atoms with E-state index in [-0.39, 0.29) is 23.5 Å². The van der Waals surface area contributed by atoms with Crippen molar-refractivity contribution in [2.75, 3.05) is 26.7 Å². The first-order valence-electron chi connectivity index (χ1n) is 7.47. The molecule has 1 fully saturated rings. The molecule has 24 heavy (non-hydrogen) atoms. The molecule has 2 aromatic rings. The number of carbonyl (C=O) groups is 1. The smallest absolute Gasteiger partial charge is 0.267 e. The standard InChI is InChI=1S/C15H19N3O4S2/c1-16-15(19)12-8-11(9-17(12)2)24(20,21)18-5-6-22-13(10-18)14-4-3-7-23-14/h3-4,7-9,13H,5-6,10H2,1-2H3,(H,16,19). The lowest BCUT2D eigenvalue weighted by atomic mass is 10.2. The van der Waals surface area contributed by atoms with E-state index in [9.17, 15) is 13.2 Å². The third-order valence-corrected chi connectivity index (χ3v) is 6.76. The van der Waals surface area contributed by atoms with E-state index in [1.807, 2.05) is 17.5 Å². The molecular weight excluding hydrogens is 350 g/mol. The quantitative estimate of drug-likeness (QED) is 0.878. The van der Waals surface area contributed by atoms with Gasteiger partial charge in [-0.3, -0.25) is 4.79 Å². The van der Waals surface area contributed by atoms with Crippen LogP contribution < -0.4 is 5.32 Å². The molecule has 0 spiro atoms. The van der Waals surface area contributed by atoms with Gasteiger partial charge in [0.15, 0.2) is 0 Å². The van der Waals surface area contributed by atoms with Crippen LogP contribution in [0.2, 0.25) is 0 Å². The Balaban J connectivity index is 1.86. The summed E-state index contributed by atoms with van der Waals surface area (Å²) < 4.78 is 34.5. The summed E-state index contributed by atoms with van der Waals surface area (Å²) in [6, 6.07) is 5.27. The normalized spacial score (nSPS) is 19.3. The molecule has 0 bridgehead atoms. The molecule has 0 aliphatic carbocycles. The largest absolute Gasteiger partial charge is 0.370 e. The van der Waals surface area contributed by atoms with Gasteiger partial charge in [0.25, 0.3) is 5.91 Å². The molecule has 3 rings (SSSR count). The zero-order valence-corrected chi connectivity index (χ0v) is 15.1. The molecule has 1 saturated heterocycles. The number of nitrogens with zero attached hydrogens (tertiary/aromatic N) is 2. The number of morpholine rings is 1. The third-order valence-electron chi connectivity index (χ3n) is 3.97. The minimum absolute atomic E-state index is 0.121. The molecular formula is C15H19N3O4S2. The minimum atomic E-state index is -3.67. The number of sulfonamides is 1. The van der Waals surface area contributed by atoms with E-state index in [1.54, 1.807) is 18.4 Å². The molecule has 9 heteroatoms. The summed E-state index contributed by atoms with van der Waals surface area (Å²) in [5.41, 5.74) is 0.305. The van der Waals surface area contributed by atoms with Gasteiger partial charge < -0.3 is 14.6 Å². The van der Waals surface area contributed by atoms with Crippen molar-refractivity contribution in [3.05, 3.63) is 40.3 Å². The number of thiophene rings is 1. The van der Waals surface area contributed by atoms with Gasteiger partial charge >= 0.3 is 0 Å². The highest BCUT2D eigenvalue weighted by Gasteiger charge is 2.33. The number of hydrogen-bond acceptors (Lipinski definition) is 5. The van der Waals surface area contributed by atoms with Gasteiger partial charge in [-0.2, -0.15) is 4.31 Å². The SMILES string of the molecule is CNC(=O)c1cc(S(=O)(=O)N2CCOC(c3cccs3)C2)cn1C. The average molecular weight is 369 g/mol. The molecule has 0 aromatic carbocycles. The number of rotatable bonds is 4. The fourth-order valence-electron chi connectivity index (χ4n) is 2.67. The second-order valence-corrected chi connectivity index (χ2v) is 8.41.